The second-order valence-electron chi connectivity index (χ2n) is 2.30. The van der Waals surface area contributed by atoms with Crippen LogP contribution >= 0.6 is 0 Å². The molecule has 0 atom stereocenters. The summed E-state index contributed by atoms with van der Waals surface area (Å²) in [6, 6.07) is 0. The van der Waals surface area contributed by atoms with Crippen LogP contribution in [0.1, 0.15) is 20.8 Å². The smallest absolute Gasteiger partial charge is 0.0885 e. The van der Waals surface area contributed by atoms with Crippen LogP contribution in [0.15, 0.2) is 0 Å². The van der Waals surface area contributed by atoms with Crippen molar-refractivity contribution in [2.45, 2.75) is 20.8 Å². The Labute approximate surface area is 64.6 Å². The third kappa shape index (κ3) is 3.85. The zero-order valence-electron chi connectivity index (χ0n) is 7.56. The van der Waals surface area contributed by atoms with Crippen molar-refractivity contribution in [2.75, 3.05) is 32.7 Å². The fourth-order valence-corrected chi connectivity index (χ4v) is 1.12. The number of nitrogens with two attached hydrogens (primary N) is 1. The predicted octanol–water partition coefficient (Wildman–Crippen LogP) is -0.0885. The number of likely N-dealkylation sites (N-methyl/N-ethyl adjacent to an activating group) is 1. The van der Waals surface area contributed by atoms with Crippen LogP contribution in [-0.2, 0) is 0 Å². The van der Waals surface area contributed by atoms with Crippen molar-refractivity contribution in [3.63, 3.8) is 0 Å². The van der Waals surface area contributed by atoms with E-state index < -0.39 is 0 Å². The maximum atomic E-state index is 2.49. The zero-order chi connectivity index (χ0) is 7.82. The fraction of sp³-hybridized carbons (Fsp3) is 1.00. The summed E-state index contributed by atoms with van der Waals surface area (Å²) in [5.41, 5.74) is 0. The standard InChI is InChI=1S/C6H14N2.C2H6/c1-2-8-5-3-7-4-6-8;1-2/h7H,2-6H2,1H3;1-2H3/p+1. The highest BCUT2D eigenvalue weighted by Gasteiger charge is 2.07. The maximum absolute atomic E-state index is 2.49. The largest absolute Gasteiger partial charge is 0.344 e. The molecule has 1 saturated heterocycles. The number of quaternary nitrogens is 1. The monoisotopic (exact) mass is 145 g/mol. The average molecular weight is 145 g/mol. The van der Waals surface area contributed by atoms with Gasteiger partial charge in [-0.2, -0.15) is 0 Å². The molecule has 0 saturated carbocycles. The van der Waals surface area contributed by atoms with Gasteiger partial charge in [-0.25, -0.2) is 0 Å². The van der Waals surface area contributed by atoms with E-state index in [1.807, 2.05) is 13.8 Å². The Kier molecular flexibility index (Phi) is 6.98. The molecule has 1 rings (SSSR count). The van der Waals surface area contributed by atoms with Gasteiger partial charge in [-0.1, -0.05) is 20.8 Å². The lowest BCUT2D eigenvalue weighted by Gasteiger charge is -2.22. The van der Waals surface area contributed by atoms with E-state index in [9.17, 15) is 0 Å². The topological polar surface area (TPSA) is 19.9 Å². The molecular formula is C8H21N2+. The minimum atomic E-state index is 1.23. The van der Waals surface area contributed by atoms with Crippen molar-refractivity contribution in [1.29, 1.82) is 0 Å². The Bertz CT molecular complexity index is 58.3. The summed E-state index contributed by atoms with van der Waals surface area (Å²) < 4.78 is 0. The van der Waals surface area contributed by atoms with Gasteiger partial charge in [-0.05, 0) is 6.54 Å². The molecule has 62 valence electrons. The van der Waals surface area contributed by atoms with Gasteiger partial charge in [0.1, 0.15) is 0 Å². The third-order valence-corrected chi connectivity index (χ3v) is 1.75. The SMILES string of the molecule is CC.CCN1CC[NH2+]CC1. The van der Waals surface area contributed by atoms with E-state index in [-0.39, 0.29) is 0 Å². The Hall–Kier alpha value is -0.0800. The molecule has 2 nitrogen and oxygen atoms in total. The summed E-state index contributed by atoms with van der Waals surface area (Å²) in [6.45, 7) is 12.6. The van der Waals surface area contributed by atoms with Crippen LogP contribution in [0.4, 0.5) is 0 Å². The van der Waals surface area contributed by atoms with Crippen LogP contribution in [0.2, 0.25) is 0 Å². The normalized spacial score (nSPS) is 19.5. The van der Waals surface area contributed by atoms with Gasteiger partial charge in [-0.3, -0.25) is 4.90 Å². The molecule has 1 aliphatic heterocycles. The molecular weight excluding hydrogens is 124 g/mol. The highest BCUT2D eigenvalue weighted by atomic mass is 15.2. The molecule has 0 aromatic heterocycles. The highest BCUT2D eigenvalue weighted by Crippen LogP contribution is 1.84. The average Bonchev–Trinajstić information content (AvgIpc) is 2.10. The van der Waals surface area contributed by atoms with Gasteiger partial charge in [0.15, 0.2) is 0 Å². The lowest BCUT2D eigenvalue weighted by molar-refractivity contribution is -0.663. The fourth-order valence-electron chi connectivity index (χ4n) is 1.12. The molecule has 0 amide bonds. The van der Waals surface area contributed by atoms with Crippen molar-refractivity contribution in [1.82, 2.24) is 4.90 Å². The Balaban J connectivity index is 0.000000371. The van der Waals surface area contributed by atoms with Crippen molar-refractivity contribution in [3.05, 3.63) is 0 Å². The number of rotatable bonds is 1. The minimum Gasteiger partial charge on any atom is -0.344 e. The van der Waals surface area contributed by atoms with E-state index in [2.05, 4.69) is 17.1 Å². The van der Waals surface area contributed by atoms with Crippen LogP contribution in [0, 0.1) is 0 Å². The van der Waals surface area contributed by atoms with Gasteiger partial charge in [0, 0.05) is 13.1 Å². The third-order valence-electron chi connectivity index (χ3n) is 1.75. The van der Waals surface area contributed by atoms with Gasteiger partial charge < -0.3 is 5.32 Å². The summed E-state index contributed by atoms with van der Waals surface area (Å²) >= 11 is 0. The van der Waals surface area contributed by atoms with Crippen molar-refractivity contribution < 1.29 is 5.32 Å². The van der Waals surface area contributed by atoms with E-state index in [0.717, 1.165) is 0 Å². The predicted molar refractivity (Wildman–Crippen MR) is 45.1 cm³/mol. The first kappa shape index (κ1) is 9.92. The summed E-state index contributed by atoms with van der Waals surface area (Å²) in [4.78, 5) is 2.49. The van der Waals surface area contributed by atoms with Gasteiger partial charge >= 0.3 is 0 Å². The van der Waals surface area contributed by atoms with E-state index >= 15 is 0 Å². The van der Waals surface area contributed by atoms with Crippen molar-refractivity contribution in [2.24, 2.45) is 0 Å². The van der Waals surface area contributed by atoms with Crippen LogP contribution < -0.4 is 5.32 Å². The lowest BCUT2D eigenvalue weighted by Crippen LogP contribution is -2.89. The summed E-state index contributed by atoms with van der Waals surface area (Å²) in [5, 5.41) is 2.38. The number of piperazine rings is 1. The molecule has 1 fully saturated rings. The molecule has 0 bridgehead atoms. The molecule has 0 aliphatic carbocycles. The van der Waals surface area contributed by atoms with Crippen molar-refractivity contribution >= 4 is 0 Å². The molecule has 0 radical (unpaired) electrons. The van der Waals surface area contributed by atoms with Gasteiger partial charge in [0.25, 0.3) is 0 Å². The molecule has 2 heteroatoms. The molecule has 1 heterocycles. The van der Waals surface area contributed by atoms with E-state index in [1.54, 1.807) is 0 Å². The highest BCUT2D eigenvalue weighted by molar-refractivity contribution is 4.54. The second-order valence-corrected chi connectivity index (χ2v) is 2.30. The lowest BCUT2D eigenvalue weighted by atomic mass is 10.4. The molecule has 0 aromatic carbocycles. The van der Waals surface area contributed by atoms with Gasteiger partial charge in [0.05, 0.1) is 13.1 Å². The first-order chi connectivity index (χ1) is 4.93. The molecule has 0 aromatic rings. The van der Waals surface area contributed by atoms with Crippen LogP contribution in [0.25, 0.3) is 0 Å². The second kappa shape index (κ2) is 7.03. The van der Waals surface area contributed by atoms with E-state index in [1.165, 1.54) is 32.7 Å². The molecule has 10 heavy (non-hydrogen) atoms. The summed E-state index contributed by atoms with van der Waals surface area (Å²) in [6.07, 6.45) is 0. The number of nitrogens with zero attached hydrogens (tertiary/aromatic N) is 1. The molecule has 2 N–H and O–H groups in total. The first-order valence-electron chi connectivity index (χ1n) is 4.47. The Morgan fingerprint density at radius 1 is 1.20 bits per heavy atom. The number of hydrogen-bond acceptors (Lipinski definition) is 1. The molecule has 0 spiro atoms. The Morgan fingerprint density at radius 2 is 1.70 bits per heavy atom. The maximum Gasteiger partial charge on any atom is 0.0885 e. The van der Waals surface area contributed by atoms with Crippen LogP contribution in [0.5, 0.6) is 0 Å². The first-order valence-corrected chi connectivity index (χ1v) is 4.47. The molecule has 1 aliphatic rings. The zero-order valence-corrected chi connectivity index (χ0v) is 7.56. The van der Waals surface area contributed by atoms with Gasteiger partial charge in [0.2, 0.25) is 0 Å². The van der Waals surface area contributed by atoms with Crippen LogP contribution in [0.3, 0.4) is 0 Å². The quantitative estimate of drug-likeness (QED) is 0.547. The van der Waals surface area contributed by atoms with Gasteiger partial charge in [-0.15, -0.1) is 0 Å². The number of hydrogen-bond donors (Lipinski definition) is 1. The van der Waals surface area contributed by atoms with Crippen molar-refractivity contribution in [3.8, 4) is 0 Å². The van der Waals surface area contributed by atoms with E-state index in [4.69, 9.17) is 0 Å². The van der Waals surface area contributed by atoms with E-state index in [0.29, 0.717) is 0 Å². The summed E-state index contributed by atoms with van der Waals surface area (Å²) in [7, 11) is 0. The Morgan fingerprint density at radius 3 is 2.00 bits per heavy atom. The summed E-state index contributed by atoms with van der Waals surface area (Å²) in [5.74, 6) is 0. The van der Waals surface area contributed by atoms with Crippen LogP contribution in [-0.4, -0.2) is 37.6 Å². The minimum absolute atomic E-state index is 1.23. The molecule has 0 unspecified atom stereocenters.